The normalized spacial score (nSPS) is 24.1. The van der Waals surface area contributed by atoms with E-state index in [0.717, 1.165) is 29.4 Å². The third-order valence-corrected chi connectivity index (χ3v) is 15.1. The van der Waals surface area contributed by atoms with E-state index in [1.807, 2.05) is 0 Å². The Hall–Kier alpha value is -5.66. The number of benzene rings is 7. The molecule has 56 heavy (non-hydrogen) atoms. The minimum absolute atomic E-state index is 0.0970. The fourth-order valence-corrected chi connectivity index (χ4v) is 12.9. The van der Waals surface area contributed by atoms with E-state index in [9.17, 15) is 0 Å². The van der Waals surface area contributed by atoms with Gasteiger partial charge in [0.25, 0.3) is 0 Å². The van der Waals surface area contributed by atoms with E-state index in [0.29, 0.717) is 0 Å². The van der Waals surface area contributed by atoms with E-state index in [-0.39, 0.29) is 10.8 Å². The molecule has 4 bridgehead atoms. The van der Waals surface area contributed by atoms with Gasteiger partial charge in [0, 0.05) is 27.8 Å². The summed E-state index contributed by atoms with van der Waals surface area (Å²) in [5.41, 5.74) is 20.2. The van der Waals surface area contributed by atoms with Crippen LogP contribution in [0.1, 0.15) is 68.2 Å². The van der Waals surface area contributed by atoms with Gasteiger partial charge in [-0.25, -0.2) is 0 Å². The number of hydrogen-bond donors (Lipinski definition) is 0. The molecule has 0 N–H and O–H groups in total. The van der Waals surface area contributed by atoms with Gasteiger partial charge in [0.05, 0.1) is 5.69 Å². The zero-order chi connectivity index (χ0) is 37.2. The van der Waals surface area contributed by atoms with E-state index in [1.165, 1.54) is 99.1 Å². The lowest BCUT2D eigenvalue weighted by atomic mass is 9.43. The number of fused-ring (bicyclic) bond motifs is 6. The van der Waals surface area contributed by atoms with E-state index >= 15 is 0 Å². The zero-order valence-electron chi connectivity index (χ0n) is 32.4. The first kappa shape index (κ1) is 32.6. The molecule has 0 amide bonds. The van der Waals surface area contributed by atoms with Crippen LogP contribution < -0.4 is 4.90 Å². The SMILES string of the molecule is CC1(C)c2ccccc2-c2ccc(N(c3ccccc3)c3cc(-c4ccccc4)ccc3-c3ccc4c(c3)-c3ccccc3C43C4CC5CC(C4)CC3C5)cc21. The predicted octanol–water partition coefficient (Wildman–Crippen LogP) is 14.5. The van der Waals surface area contributed by atoms with Gasteiger partial charge in [0.15, 0.2) is 0 Å². The second kappa shape index (κ2) is 11.9. The van der Waals surface area contributed by atoms with Crippen molar-refractivity contribution >= 4 is 17.1 Å². The van der Waals surface area contributed by atoms with E-state index < -0.39 is 0 Å². The molecule has 0 saturated heterocycles. The number of para-hydroxylation sites is 1. The number of hydrogen-bond acceptors (Lipinski definition) is 1. The molecule has 0 heterocycles. The molecule has 6 aliphatic carbocycles. The highest BCUT2D eigenvalue weighted by Crippen LogP contribution is 2.69. The van der Waals surface area contributed by atoms with Crippen molar-refractivity contribution in [3.8, 4) is 44.5 Å². The Kier molecular flexibility index (Phi) is 6.93. The fourth-order valence-electron chi connectivity index (χ4n) is 12.9. The zero-order valence-corrected chi connectivity index (χ0v) is 32.4. The van der Waals surface area contributed by atoms with Crippen LogP contribution in [0.15, 0.2) is 164 Å². The molecule has 272 valence electrons. The summed E-state index contributed by atoms with van der Waals surface area (Å²) in [6.45, 7) is 4.77. The van der Waals surface area contributed by atoms with Gasteiger partial charge < -0.3 is 4.90 Å². The Balaban J connectivity index is 1.07. The van der Waals surface area contributed by atoms with E-state index in [2.05, 4.69) is 183 Å². The Labute approximate surface area is 331 Å². The maximum atomic E-state index is 2.57. The van der Waals surface area contributed by atoms with Gasteiger partial charge in [-0.1, -0.05) is 141 Å². The van der Waals surface area contributed by atoms with Crippen LogP contribution in [0.5, 0.6) is 0 Å². The van der Waals surface area contributed by atoms with Crippen molar-refractivity contribution < 1.29 is 0 Å². The molecule has 1 heteroatoms. The molecular formula is C55H47N. The van der Waals surface area contributed by atoms with Crippen molar-refractivity contribution in [3.63, 3.8) is 0 Å². The largest absolute Gasteiger partial charge is 0.310 e. The van der Waals surface area contributed by atoms with Gasteiger partial charge in [-0.15, -0.1) is 0 Å². The van der Waals surface area contributed by atoms with Crippen molar-refractivity contribution in [3.05, 3.63) is 186 Å². The van der Waals surface area contributed by atoms with Crippen LogP contribution in [0, 0.1) is 23.7 Å². The van der Waals surface area contributed by atoms with Gasteiger partial charge in [-0.2, -0.15) is 0 Å². The van der Waals surface area contributed by atoms with Crippen molar-refractivity contribution in [2.45, 2.75) is 56.8 Å². The summed E-state index contributed by atoms with van der Waals surface area (Å²) in [6, 6.07) is 62.3. The number of nitrogens with zero attached hydrogens (tertiary/aromatic N) is 1. The van der Waals surface area contributed by atoms with Gasteiger partial charge >= 0.3 is 0 Å². The van der Waals surface area contributed by atoms with Crippen LogP contribution in [0.2, 0.25) is 0 Å². The average molecular weight is 722 g/mol. The highest BCUT2D eigenvalue weighted by molar-refractivity contribution is 5.94. The fraction of sp³-hybridized carbons (Fsp3) is 0.236. The highest BCUT2D eigenvalue weighted by atomic mass is 15.1. The lowest BCUT2D eigenvalue weighted by molar-refractivity contribution is -0.0399. The Morgan fingerprint density at radius 3 is 1.70 bits per heavy atom. The van der Waals surface area contributed by atoms with E-state index in [4.69, 9.17) is 0 Å². The summed E-state index contributed by atoms with van der Waals surface area (Å²) >= 11 is 0. The van der Waals surface area contributed by atoms with Crippen LogP contribution in [0.25, 0.3) is 44.5 Å². The molecule has 1 spiro atoms. The summed E-state index contributed by atoms with van der Waals surface area (Å²) < 4.78 is 0. The first-order valence-corrected chi connectivity index (χ1v) is 21.0. The Morgan fingerprint density at radius 2 is 0.964 bits per heavy atom. The van der Waals surface area contributed by atoms with Gasteiger partial charge in [-0.05, 0) is 153 Å². The summed E-state index contributed by atoms with van der Waals surface area (Å²) in [5, 5.41) is 0. The molecule has 13 rings (SSSR count). The maximum absolute atomic E-state index is 2.57. The van der Waals surface area contributed by atoms with Gasteiger partial charge in [0.1, 0.15) is 0 Å². The molecular weight excluding hydrogens is 675 g/mol. The summed E-state index contributed by atoms with van der Waals surface area (Å²) in [7, 11) is 0. The van der Waals surface area contributed by atoms with Crippen molar-refractivity contribution in [1.82, 2.24) is 0 Å². The lowest BCUT2D eigenvalue weighted by Gasteiger charge is -2.61. The summed E-state index contributed by atoms with van der Waals surface area (Å²) in [6.07, 6.45) is 7.10. The molecule has 6 aliphatic rings. The lowest BCUT2D eigenvalue weighted by Crippen LogP contribution is -2.55. The second-order valence-corrected chi connectivity index (χ2v) is 18.1. The first-order chi connectivity index (χ1) is 27.5. The van der Waals surface area contributed by atoms with Crippen molar-refractivity contribution in [2.24, 2.45) is 23.7 Å². The Bertz CT molecular complexity index is 2660. The van der Waals surface area contributed by atoms with Crippen LogP contribution in [-0.4, -0.2) is 0 Å². The topological polar surface area (TPSA) is 3.24 Å². The molecule has 0 unspecified atom stereocenters. The van der Waals surface area contributed by atoms with Crippen molar-refractivity contribution in [2.75, 3.05) is 4.90 Å². The van der Waals surface area contributed by atoms with Crippen LogP contribution >= 0.6 is 0 Å². The highest BCUT2D eigenvalue weighted by Gasteiger charge is 2.61. The first-order valence-electron chi connectivity index (χ1n) is 21.0. The molecule has 0 atom stereocenters. The predicted molar refractivity (Wildman–Crippen MR) is 233 cm³/mol. The quantitative estimate of drug-likeness (QED) is 0.171. The third kappa shape index (κ3) is 4.49. The molecule has 1 nitrogen and oxygen atoms in total. The number of rotatable bonds is 5. The monoisotopic (exact) mass is 721 g/mol. The van der Waals surface area contributed by atoms with Gasteiger partial charge in [0.2, 0.25) is 0 Å². The summed E-state index contributed by atoms with van der Waals surface area (Å²) in [4.78, 5) is 2.52. The van der Waals surface area contributed by atoms with Gasteiger partial charge in [-0.3, -0.25) is 0 Å². The second-order valence-electron chi connectivity index (χ2n) is 18.1. The minimum Gasteiger partial charge on any atom is -0.310 e. The van der Waals surface area contributed by atoms with Crippen LogP contribution in [-0.2, 0) is 10.8 Å². The molecule has 4 fully saturated rings. The molecule has 0 radical (unpaired) electrons. The van der Waals surface area contributed by atoms with Crippen LogP contribution in [0.4, 0.5) is 17.1 Å². The third-order valence-electron chi connectivity index (χ3n) is 15.1. The number of anilines is 3. The van der Waals surface area contributed by atoms with Crippen LogP contribution in [0.3, 0.4) is 0 Å². The van der Waals surface area contributed by atoms with Crippen molar-refractivity contribution in [1.29, 1.82) is 0 Å². The molecule has 7 aromatic rings. The average Bonchev–Trinajstić information content (AvgIpc) is 3.65. The smallest absolute Gasteiger partial charge is 0.0546 e. The Morgan fingerprint density at radius 1 is 0.393 bits per heavy atom. The molecule has 4 saturated carbocycles. The minimum atomic E-state index is -0.0970. The molecule has 0 aliphatic heterocycles. The summed E-state index contributed by atoms with van der Waals surface area (Å²) in [5.74, 6) is 3.40. The molecule has 0 aromatic heterocycles. The molecule has 7 aromatic carbocycles. The standard InChI is InChI=1S/C55H47N/c1-54(2)49-19-11-9-17-45(49)47-25-23-43(34-52(47)54)56(42-15-7-4-8-16-42)53-33-38(37-13-5-3-6-14-37)21-24-44(53)39-22-26-51-48(32-39)46-18-10-12-20-50(46)55(51)40-28-35-27-36(30-40)31-41(55)29-35/h3-26,32-36,40-41H,27-31H2,1-2H3. The van der Waals surface area contributed by atoms with E-state index in [1.54, 1.807) is 11.1 Å². The maximum Gasteiger partial charge on any atom is 0.0546 e.